The summed E-state index contributed by atoms with van der Waals surface area (Å²) in [6, 6.07) is 2.85. The standard InChI is InChI=1S/C13H20N2O4S/c1-9-4-5-10(8-9)14-13(16)11-6-7-12(19-11)20(17,18)15(2)3/h6-7,9-10H,4-5,8H2,1-3H3,(H,14,16). The molecule has 0 radical (unpaired) electrons. The van der Waals surface area contributed by atoms with E-state index in [1.54, 1.807) is 0 Å². The van der Waals surface area contributed by atoms with Crippen LogP contribution >= 0.6 is 0 Å². The molecule has 0 aliphatic heterocycles. The highest BCUT2D eigenvalue weighted by Gasteiger charge is 2.26. The first kappa shape index (κ1) is 15.1. The fourth-order valence-electron chi connectivity index (χ4n) is 2.36. The Morgan fingerprint density at radius 1 is 1.35 bits per heavy atom. The fourth-order valence-corrected chi connectivity index (χ4v) is 3.15. The van der Waals surface area contributed by atoms with Gasteiger partial charge in [-0.05, 0) is 37.3 Å². The summed E-state index contributed by atoms with van der Waals surface area (Å²) in [6.45, 7) is 2.15. The van der Waals surface area contributed by atoms with E-state index >= 15 is 0 Å². The van der Waals surface area contributed by atoms with Crippen LogP contribution in [0, 0.1) is 5.92 Å². The molecule has 1 heterocycles. The number of hydrogen-bond acceptors (Lipinski definition) is 4. The minimum Gasteiger partial charge on any atom is -0.438 e. The number of carbonyl (C=O) groups is 1. The van der Waals surface area contributed by atoms with E-state index in [-0.39, 0.29) is 22.8 Å². The van der Waals surface area contributed by atoms with Crippen molar-refractivity contribution in [3.63, 3.8) is 0 Å². The Morgan fingerprint density at radius 3 is 2.60 bits per heavy atom. The zero-order valence-corrected chi connectivity index (χ0v) is 12.7. The van der Waals surface area contributed by atoms with Crippen LogP contribution in [0.4, 0.5) is 0 Å². The second-order valence-corrected chi connectivity index (χ2v) is 7.58. The first-order chi connectivity index (χ1) is 9.30. The normalized spacial score (nSPS) is 23.2. The molecule has 2 atom stereocenters. The number of nitrogens with one attached hydrogen (secondary N) is 1. The quantitative estimate of drug-likeness (QED) is 0.912. The summed E-state index contributed by atoms with van der Waals surface area (Å²) in [5.74, 6) is 0.288. The van der Waals surface area contributed by atoms with Crippen LogP contribution in [0.1, 0.15) is 36.7 Å². The van der Waals surface area contributed by atoms with Gasteiger partial charge >= 0.3 is 0 Å². The molecule has 1 aliphatic carbocycles. The molecule has 0 aromatic carbocycles. The highest BCUT2D eigenvalue weighted by Crippen LogP contribution is 2.25. The predicted octanol–water partition coefficient (Wildman–Crippen LogP) is 1.45. The summed E-state index contributed by atoms with van der Waals surface area (Å²) < 4.78 is 29.9. The SMILES string of the molecule is CC1CCC(NC(=O)c2ccc(S(=O)(=O)N(C)C)o2)C1. The number of nitrogens with zero attached hydrogens (tertiary/aromatic N) is 1. The summed E-state index contributed by atoms with van der Waals surface area (Å²) >= 11 is 0. The van der Waals surface area contributed by atoms with Crippen LogP contribution in [-0.2, 0) is 10.0 Å². The number of rotatable bonds is 4. The van der Waals surface area contributed by atoms with E-state index < -0.39 is 10.0 Å². The molecule has 1 amide bonds. The van der Waals surface area contributed by atoms with Crippen LogP contribution in [0.5, 0.6) is 0 Å². The highest BCUT2D eigenvalue weighted by atomic mass is 32.2. The third-order valence-electron chi connectivity index (χ3n) is 3.57. The van der Waals surface area contributed by atoms with Gasteiger partial charge in [0.15, 0.2) is 5.76 Å². The maximum atomic E-state index is 12.0. The summed E-state index contributed by atoms with van der Waals surface area (Å²) in [7, 11) is -0.811. The van der Waals surface area contributed by atoms with Gasteiger partial charge in [-0.15, -0.1) is 0 Å². The Bertz CT molecular complexity index is 591. The maximum Gasteiger partial charge on any atom is 0.287 e. The second kappa shape index (κ2) is 5.57. The smallest absolute Gasteiger partial charge is 0.287 e. The van der Waals surface area contributed by atoms with Crippen molar-refractivity contribution in [2.45, 2.75) is 37.3 Å². The van der Waals surface area contributed by atoms with E-state index in [1.165, 1.54) is 26.2 Å². The van der Waals surface area contributed by atoms with Crippen molar-refractivity contribution in [2.75, 3.05) is 14.1 Å². The summed E-state index contributed by atoms with van der Waals surface area (Å²) in [6.07, 6.45) is 3.01. The van der Waals surface area contributed by atoms with Crippen LogP contribution in [-0.4, -0.2) is 38.8 Å². The molecule has 0 spiro atoms. The lowest BCUT2D eigenvalue weighted by Crippen LogP contribution is -2.32. The van der Waals surface area contributed by atoms with Crippen molar-refractivity contribution < 1.29 is 17.6 Å². The number of furan rings is 1. The van der Waals surface area contributed by atoms with Crippen molar-refractivity contribution in [3.8, 4) is 0 Å². The Hall–Kier alpha value is -1.34. The Morgan fingerprint density at radius 2 is 2.05 bits per heavy atom. The van der Waals surface area contributed by atoms with Crippen molar-refractivity contribution >= 4 is 15.9 Å². The fraction of sp³-hybridized carbons (Fsp3) is 0.615. The van der Waals surface area contributed by atoms with Gasteiger partial charge in [-0.2, -0.15) is 0 Å². The van der Waals surface area contributed by atoms with Crippen molar-refractivity contribution in [2.24, 2.45) is 5.92 Å². The van der Waals surface area contributed by atoms with Crippen molar-refractivity contribution in [1.82, 2.24) is 9.62 Å². The molecule has 1 aliphatic rings. The average Bonchev–Trinajstić information content (AvgIpc) is 2.98. The van der Waals surface area contributed by atoms with Gasteiger partial charge in [0.05, 0.1) is 0 Å². The molecular formula is C13H20N2O4S. The first-order valence-electron chi connectivity index (χ1n) is 6.64. The van der Waals surface area contributed by atoms with E-state index in [4.69, 9.17) is 4.42 Å². The first-order valence-corrected chi connectivity index (χ1v) is 8.08. The molecule has 7 heteroatoms. The molecule has 1 fully saturated rings. The van der Waals surface area contributed by atoms with Gasteiger partial charge < -0.3 is 9.73 Å². The Balaban J connectivity index is 2.07. The van der Waals surface area contributed by atoms with Crippen LogP contribution in [0.15, 0.2) is 21.6 Å². The molecule has 1 aromatic rings. The molecule has 0 bridgehead atoms. The largest absolute Gasteiger partial charge is 0.438 e. The molecule has 1 aromatic heterocycles. The highest BCUT2D eigenvalue weighted by molar-refractivity contribution is 7.88. The second-order valence-electron chi connectivity index (χ2n) is 5.49. The Labute approximate surface area is 119 Å². The predicted molar refractivity (Wildman–Crippen MR) is 73.9 cm³/mol. The van der Waals surface area contributed by atoms with Gasteiger partial charge in [0.1, 0.15) is 0 Å². The van der Waals surface area contributed by atoms with E-state index in [9.17, 15) is 13.2 Å². The molecule has 0 saturated heterocycles. The molecule has 1 N–H and O–H groups in total. The number of amides is 1. The minimum absolute atomic E-state index is 0.0324. The third-order valence-corrected chi connectivity index (χ3v) is 5.26. The van der Waals surface area contributed by atoms with Crippen molar-refractivity contribution in [1.29, 1.82) is 0 Å². The number of carbonyl (C=O) groups excluding carboxylic acids is 1. The van der Waals surface area contributed by atoms with Gasteiger partial charge in [0, 0.05) is 20.1 Å². The third kappa shape index (κ3) is 3.04. The van der Waals surface area contributed by atoms with E-state index in [1.807, 2.05) is 0 Å². The summed E-state index contributed by atoms with van der Waals surface area (Å²) in [4.78, 5) is 12.0. The summed E-state index contributed by atoms with van der Waals surface area (Å²) in [5.41, 5.74) is 0. The van der Waals surface area contributed by atoms with Crippen LogP contribution in [0.25, 0.3) is 0 Å². The summed E-state index contributed by atoms with van der Waals surface area (Å²) in [5, 5.41) is 2.66. The van der Waals surface area contributed by atoms with Crippen LogP contribution in [0.3, 0.4) is 0 Å². The topological polar surface area (TPSA) is 79.6 Å². The Kier molecular flexibility index (Phi) is 4.19. The van der Waals surface area contributed by atoms with Crippen molar-refractivity contribution in [3.05, 3.63) is 17.9 Å². The molecule has 2 unspecified atom stereocenters. The molecule has 1 saturated carbocycles. The van der Waals surface area contributed by atoms with Gasteiger partial charge in [-0.1, -0.05) is 6.92 Å². The number of hydrogen-bond donors (Lipinski definition) is 1. The van der Waals surface area contributed by atoms with Gasteiger partial charge in [-0.25, -0.2) is 12.7 Å². The van der Waals surface area contributed by atoms with E-state index in [2.05, 4.69) is 12.2 Å². The molecular weight excluding hydrogens is 280 g/mol. The van der Waals surface area contributed by atoms with E-state index in [0.717, 1.165) is 23.6 Å². The average molecular weight is 300 g/mol. The molecule has 2 rings (SSSR count). The lowest BCUT2D eigenvalue weighted by atomic mass is 10.1. The molecule has 6 nitrogen and oxygen atoms in total. The van der Waals surface area contributed by atoms with Gasteiger partial charge in [0.25, 0.3) is 15.9 Å². The monoisotopic (exact) mass is 300 g/mol. The minimum atomic E-state index is -3.64. The lowest BCUT2D eigenvalue weighted by Gasteiger charge is -2.11. The molecule has 112 valence electrons. The maximum absolute atomic E-state index is 12.0. The zero-order chi connectivity index (χ0) is 14.9. The number of sulfonamides is 1. The van der Waals surface area contributed by atoms with Gasteiger partial charge in [-0.3, -0.25) is 4.79 Å². The molecule has 20 heavy (non-hydrogen) atoms. The van der Waals surface area contributed by atoms with E-state index in [0.29, 0.717) is 5.92 Å². The van der Waals surface area contributed by atoms with Crippen LogP contribution < -0.4 is 5.32 Å². The zero-order valence-electron chi connectivity index (χ0n) is 11.9. The lowest BCUT2D eigenvalue weighted by molar-refractivity contribution is 0.0903. The van der Waals surface area contributed by atoms with Gasteiger partial charge in [0.2, 0.25) is 5.09 Å². The van der Waals surface area contributed by atoms with Crippen LogP contribution in [0.2, 0.25) is 0 Å².